The zero-order valence-corrected chi connectivity index (χ0v) is 18.3. The van der Waals surface area contributed by atoms with Crippen molar-refractivity contribution in [3.63, 3.8) is 0 Å². The number of nitrogens with zero attached hydrogens (tertiary/aromatic N) is 2. The van der Waals surface area contributed by atoms with Gasteiger partial charge in [0, 0.05) is 0 Å². The van der Waals surface area contributed by atoms with Crippen LogP contribution in [0.25, 0.3) is 10.9 Å². The maximum atomic E-state index is 12.6. The third kappa shape index (κ3) is 4.07. The number of halogens is 2. The van der Waals surface area contributed by atoms with Crippen molar-refractivity contribution < 1.29 is 4.79 Å². The SMILES string of the molecule is O=C(C[C@H]1NCCC[C@@H]1[Po])Cn1cnc2cc(Br)c(Cl)cc2c1=O. The first-order valence-corrected chi connectivity index (χ1v) is 10.7. The number of aromatic nitrogens is 2. The zero-order valence-electron chi connectivity index (χ0n) is 12.8. The number of hydrogen-bond acceptors (Lipinski definition) is 4. The standard InChI is InChI=1S/C16H16BrClN3O2.Po/c17-13-7-15-12(6-14(13)18)16(23)21(9-20-15)8-11(22)5-10-3-1-2-4-19-10;/h3,6-7,9-10,19H,1-2,4-5,8H2;/t10-;/m0./s1. The first kappa shape index (κ1) is 18.4. The second-order valence-corrected chi connectivity index (χ2v) is 9.56. The number of carbonyl (C=O) groups excluding carboxylic acids is 1. The van der Waals surface area contributed by atoms with Gasteiger partial charge in [0.1, 0.15) is 0 Å². The van der Waals surface area contributed by atoms with Gasteiger partial charge in [0.25, 0.3) is 0 Å². The van der Waals surface area contributed by atoms with Crippen LogP contribution in [0.4, 0.5) is 0 Å². The third-order valence-corrected chi connectivity index (χ3v) is 7.57. The van der Waals surface area contributed by atoms with Crippen LogP contribution in [-0.4, -0.2) is 53.0 Å². The summed E-state index contributed by atoms with van der Waals surface area (Å²) in [6.45, 7) is 1.02. The van der Waals surface area contributed by atoms with E-state index in [2.05, 4.69) is 26.2 Å². The van der Waals surface area contributed by atoms with Crippen LogP contribution in [0.2, 0.25) is 8.60 Å². The maximum absolute atomic E-state index is 12.6. The molecule has 0 unspecified atom stereocenters. The molecule has 1 N–H and O–H groups in total. The summed E-state index contributed by atoms with van der Waals surface area (Å²) in [5.41, 5.74) is 0.323. The van der Waals surface area contributed by atoms with Crippen LogP contribution in [0.3, 0.4) is 0 Å². The summed E-state index contributed by atoms with van der Waals surface area (Å²) in [6, 6.07) is 3.53. The van der Waals surface area contributed by atoms with Crippen molar-refractivity contribution in [2.24, 2.45) is 0 Å². The predicted octanol–water partition coefficient (Wildman–Crippen LogP) is 2.48. The fourth-order valence-electron chi connectivity index (χ4n) is 2.89. The summed E-state index contributed by atoms with van der Waals surface area (Å²) in [4.78, 5) is 29.2. The molecule has 0 amide bonds. The van der Waals surface area contributed by atoms with E-state index in [1.807, 2.05) is 0 Å². The Labute approximate surface area is 168 Å². The number of Topliss-reactive ketones (excluding diaryl/α,β-unsaturated/α-hetero) is 1. The average molecular weight is 607 g/mol. The first-order chi connectivity index (χ1) is 11.5. The van der Waals surface area contributed by atoms with Crippen molar-refractivity contribution >= 4 is 69.3 Å². The van der Waals surface area contributed by atoms with Crippen molar-refractivity contribution in [1.82, 2.24) is 14.9 Å². The zero-order chi connectivity index (χ0) is 17.3. The molecule has 0 bridgehead atoms. The summed E-state index contributed by atoms with van der Waals surface area (Å²) < 4.78 is 2.62. The molecule has 2 heterocycles. The molecule has 127 valence electrons. The van der Waals surface area contributed by atoms with E-state index in [1.165, 1.54) is 48.8 Å². The fourth-order valence-corrected chi connectivity index (χ4v) is 4.78. The summed E-state index contributed by atoms with van der Waals surface area (Å²) in [7, 11) is 0. The molecule has 0 spiro atoms. The molecule has 24 heavy (non-hydrogen) atoms. The second kappa shape index (κ2) is 7.91. The molecule has 1 aromatic heterocycles. The molecule has 0 saturated carbocycles. The molecule has 1 aliphatic rings. The van der Waals surface area contributed by atoms with Crippen LogP contribution in [0.5, 0.6) is 0 Å². The van der Waals surface area contributed by atoms with E-state index >= 15 is 0 Å². The van der Waals surface area contributed by atoms with E-state index in [0.29, 0.717) is 30.4 Å². The molecule has 3 rings (SSSR count). The van der Waals surface area contributed by atoms with Crippen molar-refractivity contribution in [1.29, 1.82) is 0 Å². The van der Waals surface area contributed by atoms with E-state index in [4.69, 9.17) is 11.6 Å². The molecule has 1 aromatic carbocycles. The summed E-state index contributed by atoms with van der Waals surface area (Å²) in [6.07, 6.45) is 4.24. The molecule has 8 heteroatoms. The summed E-state index contributed by atoms with van der Waals surface area (Å²) in [5, 5.41) is 4.29. The van der Waals surface area contributed by atoms with Crippen LogP contribution < -0.4 is 10.9 Å². The Morgan fingerprint density at radius 1 is 1.50 bits per heavy atom. The predicted molar refractivity (Wildman–Crippen MR) is 98.9 cm³/mol. The molecule has 0 aliphatic carbocycles. The molecular weight excluding hydrogens is 591 g/mol. The van der Waals surface area contributed by atoms with E-state index in [1.54, 1.807) is 12.1 Å². The van der Waals surface area contributed by atoms with Crippen LogP contribution in [0.15, 0.2) is 27.7 Å². The van der Waals surface area contributed by atoms with Gasteiger partial charge in [0.2, 0.25) is 0 Å². The summed E-state index contributed by atoms with van der Waals surface area (Å²) >= 11 is 10.9. The van der Waals surface area contributed by atoms with Crippen LogP contribution in [0, 0.1) is 0 Å². The number of fused-ring (bicyclic) bond motifs is 1. The first-order valence-electron chi connectivity index (χ1n) is 7.71. The number of carbonyl (C=O) groups is 1. The fraction of sp³-hybridized carbons (Fsp3) is 0.438. The molecular formula is C16H16BrClN3O2Po. The van der Waals surface area contributed by atoms with Crippen LogP contribution >= 0.6 is 27.5 Å². The molecule has 5 nitrogen and oxygen atoms in total. The van der Waals surface area contributed by atoms with Gasteiger partial charge in [-0.05, 0) is 0 Å². The number of ketones is 1. The summed E-state index contributed by atoms with van der Waals surface area (Å²) in [5.74, 6) is 0.0482. The van der Waals surface area contributed by atoms with Crippen molar-refractivity contribution in [3.8, 4) is 0 Å². The second-order valence-electron chi connectivity index (χ2n) is 5.95. The van der Waals surface area contributed by atoms with Crippen molar-refractivity contribution in [3.05, 3.63) is 38.3 Å². The number of benzene rings is 1. The Balaban J connectivity index is 1.79. The minimum atomic E-state index is -0.238. The monoisotopic (exact) mass is 605 g/mol. The van der Waals surface area contributed by atoms with Crippen molar-refractivity contribution in [2.75, 3.05) is 6.54 Å². The molecule has 2 atom stereocenters. The van der Waals surface area contributed by atoms with Gasteiger partial charge in [-0.25, -0.2) is 0 Å². The van der Waals surface area contributed by atoms with Gasteiger partial charge in [-0.15, -0.1) is 0 Å². The van der Waals surface area contributed by atoms with E-state index in [9.17, 15) is 9.59 Å². The van der Waals surface area contributed by atoms with Gasteiger partial charge in [0.15, 0.2) is 0 Å². The van der Waals surface area contributed by atoms with E-state index < -0.39 is 0 Å². The van der Waals surface area contributed by atoms with E-state index in [0.717, 1.165) is 6.54 Å². The van der Waals surface area contributed by atoms with E-state index in [-0.39, 0.29) is 23.9 Å². The topological polar surface area (TPSA) is 64.0 Å². The Bertz CT molecular complexity index is 842. The Hall–Kier alpha value is -0.344. The van der Waals surface area contributed by atoms with Gasteiger partial charge in [0.05, 0.1) is 0 Å². The van der Waals surface area contributed by atoms with Gasteiger partial charge in [-0.2, -0.15) is 0 Å². The minimum absolute atomic E-state index is 0.0482. The Morgan fingerprint density at radius 2 is 2.29 bits per heavy atom. The Morgan fingerprint density at radius 3 is 3.04 bits per heavy atom. The average Bonchev–Trinajstić information content (AvgIpc) is 2.54. The van der Waals surface area contributed by atoms with Gasteiger partial charge in [-0.1, -0.05) is 0 Å². The normalized spacial score (nSPS) is 21.1. The number of piperidine rings is 1. The molecule has 1 saturated heterocycles. The van der Waals surface area contributed by atoms with Gasteiger partial charge >= 0.3 is 169 Å². The number of rotatable bonds is 4. The quantitative estimate of drug-likeness (QED) is 0.582. The van der Waals surface area contributed by atoms with Gasteiger partial charge < -0.3 is 0 Å². The van der Waals surface area contributed by atoms with Crippen LogP contribution in [0.1, 0.15) is 19.3 Å². The van der Waals surface area contributed by atoms with Crippen molar-refractivity contribution in [2.45, 2.75) is 35.4 Å². The molecule has 1 radical (unpaired) electrons. The molecule has 1 fully saturated rings. The van der Waals surface area contributed by atoms with Gasteiger partial charge in [-0.3, -0.25) is 0 Å². The molecule has 2 aromatic rings. The third-order valence-electron chi connectivity index (χ3n) is 4.18. The number of hydrogen-bond donors (Lipinski definition) is 1. The number of nitrogens with one attached hydrogen (secondary N) is 1. The van der Waals surface area contributed by atoms with Crippen LogP contribution in [-0.2, 0) is 11.3 Å². The Kier molecular flexibility index (Phi) is 6.08. The molecule has 1 aliphatic heterocycles.